The number of hydrogen-bond acceptors (Lipinski definition) is 6. The third-order valence-corrected chi connectivity index (χ3v) is 3.20. The highest BCUT2D eigenvalue weighted by Crippen LogP contribution is 2.35. The normalized spacial score (nSPS) is 10.6. The summed E-state index contributed by atoms with van der Waals surface area (Å²) in [5.41, 5.74) is 4.67. The van der Waals surface area contributed by atoms with Gasteiger partial charge in [0.25, 0.3) is 5.88 Å². The van der Waals surface area contributed by atoms with E-state index in [1.807, 2.05) is 19.1 Å². The van der Waals surface area contributed by atoms with Crippen LogP contribution in [0, 0.1) is 6.92 Å². The molecule has 0 saturated heterocycles. The van der Waals surface area contributed by atoms with Gasteiger partial charge < -0.3 is 14.9 Å². The first-order chi connectivity index (χ1) is 10.1. The number of anilines is 1. The molecule has 21 heavy (non-hydrogen) atoms. The first-order valence-corrected chi connectivity index (χ1v) is 6.70. The summed E-state index contributed by atoms with van der Waals surface area (Å²) in [6.45, 7) is 6.25. The number of nitrogens with two attached hydrogens (primary N) is 1. The summed E-state index contributed by atoms with van der Waals surface area (Å²) in [7, 11) is 1.52. The molecule has 0 spiro atoms. The molecule has 0 aliphatic heterocycles. The van der Waals surface area contributed by atoms with Gasteiger partial charge >= 0.3 is 0 Å². The number of nitrogen functional groups attached to an aromatic ring is 1. The van der Waals surface area contributed by atoms with Crippen molar-refractivity contribution in [1.29, 1.82) is 0 Å². The van der Waals surface area contributed by atoms with Crippen molar-refractivity contribution < 1.29 is 9.47 Å². The number of rotatable bonds is 5. The Morgan fingerprint density at radius 1 is 1.24 bits per heavy atom. The number of methoxy groups -OCH3 is 1. The number of ether oxygens (including phenoxy) is 2. The van der Waals surface area contributed by atoms with Crippen molar-refractivity contribution >= 4 is 5.82 Å². The smallest absolute Gasteiger partial charge is 0.268 e. The Hall–Kier alpha value is -2.34. The third kappa shape index (κ3) is 3.22. The molecule has 2 rings (SSSR count). The van der Waals surface area contributed by atoms with E-state index in [1.165, 1.54) is 19.0 Å². The largest absolute Gasteiger partial charge is 0.489 e. The van der Waals surface area contributed by atoms with Crippen molar-refractivity contribution in [1.82, 2.24) is 9.97 Å². The van der Waals surface area contributed by atoms with E-state index in [4.69, 9.17) is 15.3 Å². The maximum Gasteiger partial charge on any atom is 0.268 e. The van der Waals surface area contributed by atoms with Crippen LogP contribution in [0.1, 0.15) is 30.9 Å². The molecule has 112 valence electrons. The molecule has 0 unspecified atom stereocenters. The predicted molar refractivity (Wildman–Crippen MR) is 81.7 cm³/mol. The second kappa shape index (κ2) is 6.41. The molecule has 3 N–H and O–H groups in total. The van der Waals surface area contributed by atoms with E-state index < -0.39 is 0 Å². The average molecular weight is 288 g/mol. The molecule has 1 aromatic heterocycles. The lowest BCUT2D eigenvalue weighted by Crippen LogP contribution is -2.11. The molecule has 0 atom stereocenters. The molecule has 1 heterocycles. The van der Waals surface area contributed by atoms with Crippen LogP contribution in [0.5, 0.6) is 17.4 Å². The van der Waals surface area contributed by atoms with E-state index in [0.717, 1.165) is 11.3 Å². The molecule has 0 radical (unpaired) electrons. The number of nitrogens with zero attached hydrogens (tertiary/aromatic N) is 2. The van der Waals surface area contributed by atoms with E-state index in [1.54, 1.807) is 0 Å². The molecule has 0 fully saturated rings. The van der Waals surface area contributed by atoms with Gasteiger partial charge in [-0.25, -0.2) is 10.8 Å². The minimum Gasteiger partial charge on any atom is -0.489 e. The molecule has 0 saturated carbocycles. The lowest BCUT2D eigenvalue weighted by Gasteiger charge is -2.14. The van der Waals surface area contributed by atoms with E-state index in [0.29, 0.717) is 23.4 Å². The third-order valence-electron chi connectivity index (χ3n) is 3.20. The predicted octanol–water partition coefficient (Wildman–Crippen LogP) is 2.99. The SMILES string of the molecule is COc1c(NN)ncnc1Oc1cc(C(C)C)ccc1C. The molecule has 1 aromatic carbocycles. The fourth-order valence-corrected chi connectivity index (χ4v) is 1.91. The summed E-state index contributed by atoms with van der Waals surface area (Å²) in [4.78, 5) is 8.10. The summed E-state index contributed by atoms with van der Waals surface area (Å²) in [5.74, 6) is 7.63. The zero-order valence-corrected chi connectivity index (χ0v) is 12.7. The molecule has 6 nitrogen and oxygen atoms in total. The highest BCUT2D eigenvalue weighted by Gasteiger charge is 2.15. The van der Waals surface area contributed by atoms with Crippen molar-refractivity contribution in [2.75, 3.05) is 12.5 Å². The van der Waals surface area contributed by atoms with Gasteiger partial charge in [0.2, 0.25) is 5.75 Å². The minimum atomic E-state index is 0.324. The monoisotopic (exact) mass is 288 g/mol. The molecule has 6 heteroatoms. The van der Waals surface area contributed by atoms with Gasteiger partial charge in [-0.3, -0.25) is 0 Å². The van der Waals surface area contributed by atoms with Crippen LogP contribution in [0.4, 0.5) is 5.82 Å². The maximum absolute atomic E-state index is 5.89. The van der Waals surface area contributed by atoms with Crippen molar-refractivity contribution in [2.45, 2.75) is 26.7 Å². The number of hydrogen-bond donors (Lipinski definition) is 2. The molecular formula is C15H20N4O2. The molecule has 0 aliphatic carbocycles. The second-order valence-electron chi connectivity index (χ2n) is 4.99. The Labute approximate surface area is 124 Å². The topological polar surface area (TPSA) is 82.3 Å². The lowest BCUT2D eigenvalue weighted by atomic mass is 10.0. The van der Waals surface area contributed by atoms with Gasteiger partial charge in [-0.2, -0.15) is 4.98 Å². The Bertz CT molecular complexity index is 629. The van der Waals surface area contributed by atoms with Crippen LogP contribution in [0.15, 0.2) is 24.5 Å². The summed E-state index contributed by atoms with van der Waals surface area (Å²) < 4.78 is 11.2. The van der Waals surface area contributed by atoms with E-state index in [2.05, 4.69) is 35.3 Å². The van der Waals surface area contributed by atoms with E-state index in [-0.39, 0.29) is 0 Å². The zero-order valence-electron chi connectivity index (χ0n) is 12.7. The highest BCUT2D eigenvalue weighted by atomic mass is 16.5. The number of aryl methyl sites for hydroxylation is 1. The van der Waals surface area contributed by atoms with Gasteiger partial charge in [0.05, 0.1) is 7.11 Å². The Balaban J connectivity index is 2.40. The van der Waals surface area contributed by atoms with Gasteiger partial charge in [-0.15, -0.1) is 0 Å². The summed E-state index contributed by atoms with van der Waals surface area (Å²) in [6.07, 6.45) is 1.37. The number of nitrogens with one attached hydrogen (secondary N) is 1. The number of hydrazine groups is 1. The van der Waals surface area contributed by atoms with Crippen LogP contribution in [-0.4, -0.2) is 17.1 Å². The first-order valence-electron chi connectivity index (χ1n) is 6.70. The van der Waals surface area contributed by atoms with Crippen LogP contribution >= 0.6 is 0 Å². The maximum atomic E-state index is 5.89. The van der Waals surface area contributed by atoms with E-state index >= 15 is 0 Å². The van der Waals surface area contributed by atoms with E-state index in [9.17, 15) is 0 Å². The fourth-order valence-electron chi connectivity index (χ4n) is 1.91. The molecule has 0 bridgehead atoms. The fraction of sp³-hybridized carbons (Fsp3) is 0.333. The van der Waals surface area contributed by atoms with Crippen LogP contribution in [0.3, 0.4) is 0 Å². The summed E-state index contributed by atoms with van der Waals surface area (Å²) >= 11 is 0. The van der Waals surface area contributed by atoms with Crippen molar-refractivity contribution in [2.24, 2.45) is 5.84 Å². The van der Waals surface area contributed by atoms with Crippen LogP contribution in [0.2, 0.25) is 0 Å². The summed E-state index contributed by atoms with van der Waals surface area (Å²) in [6, 6.07) is 6.13. The van der Waals surface area contributed by atoms with Gasteiger partial charge in [-0.05, 0) is 30.0 Å². The van der Waals surface area contributed by atoms with Crippen LogP contribution < -0.4 is 20.7 Å². The quantitative estimate of drug-likeness (QED) is 0.650. The molecule has 0 amide bonds. The lowest BCUT2D eigenvalue weighted by molar-refractivity contribution is 0.368. The number of benzene rings is 1. The van der Waals surface area contributed by atoms with Crippen molar-refractivity contribution in [3.8, 4) is 17.4 Å². The number of aromatic nitrogens is 2. The first kappa shape index (κ1) is 15.1. The van der Waals surface area contributed by atoms with Gasteiger partial charge in [0.15, 0.2) is 5.82 Å². The Morgan fingerprint density at radius 3 is 2.62 bits per heavy atom. The molecule has 2 aromatic rings. The van der Waals surface area contributed by atoms with Gasteiger partial charge in [-0.1, -0.05) is 26.0 Å². The summed E-state index contributed by atoms with van der Waals surface area (Å²) in [5, 5.41) is 0. The standard InChI is InChI=1S/C15H20N4O2/c1-9(2)11-6-5-10(3)12(7-11)21-15-13(20-4)14(19-16)17-8-18-15/h5-9H,16H2,1-4H3,(H,17,18,19). The minimum absolute atomic E-state index is 0.324. The van der Waals surface area contributed by atoms with Crippen LogP contribution in [-0.2, 0) is 0 Å². The van der Waals surface area contributed by atoms with Gasteiger partial charge in [0, 0.05) is 0 Å². The van der Waals surface area contributed by atoms with Crippen molar-refractivity contribution in [3.05, 3.63) is 35.7 Å². The average Bonchev–Trinajstić information content (AvgIpc) is 2.48. The van der Waals surface area contributed by atoms with Crippen molar-refractivity contribution in [3.63, 3.8) is 0 Å². The molecule has 0 aliphatic rings. The zero-order chi connectivity index (χ0) is 15.4. The second-order valence-corrected chi connectivity index (χ2v) is 4.99. The molecular weight excluding hydrogens is 268 g/mol. The highest BCUT2D eigenvalue weighted by molar-refractivity contribution is 5.55. The van der Waals surface area contributed by atoms with Crippen LogP contribution in [0.25, 0.3) is 0 Å². The van der Waals surface area contributed by atoms with Gasteiger partial charge in [0.1, 0.15) is 12.1 Å². The Kier molecular flexibility index (Phi) is 4.59. The Morgan fingerprint density at radius 2 is 2.00 bits per heavy atom.